The van der Waals surface area contributed by atoms with Crippen molar-refractivity contribution < 1.29 is 9.84 Å². The van der Waals surface area contributed by atoms with Crippen molar-refractivity contribution >= 4 is 0 Å². The Balaban J connectivity index is 1.79. The van der Waals surface area contributed by atoms with Gasteiger partial charge < -0.3 is 9.84 Å². The molecule has 0 bridgehead atoms. The van der Waals surface area contributed by atoms with Crippen molar-refractivity contribution in [3.05, 3.63) is 29.8 Å². The molecular formula is C13H16O2. The molecule has 80 valence electrons. The smallest absolute Gasteiger partial charge is 0.122 e. The summed E-state index contributed by atoms with van der Waals surface area (Å²) in [4.78, 5) is 0. The van der Waals surface area contributed by atoms with Crippen LogP contribution in [-0.4, -0.2) is 18.3 Å². The molecular weight excluding hydrogens is 188 g/mol. The van der Waals surface area contributed by atoms with Crippen molar-refractivity contribution in [2.75, 3.05) is 13.2 Å². The molecule has 2 aliphatic rings. The minimum Gasteiger partial charge on any atom is -0.493 e. The molecule has 1 atom stereocenters. The molecule has 1 N–H and O–H groups in total. The molecule has 1 unspecified atom stereocenters. The Bertz CT molecular complexity index is 369. The van der Waals surface area contributed by atoms with Gasteiger partial charge in [0.05, 0.1) is 6.61 Å². The van der Waals surface area contributed by atoms with Crippen LogP contribution in [0.2, 0.25) is 0 Å². The van der Waals surface area contributed by atoms with Crippen LogP contribution in [0.15, 0.2) is 24.3 Å². The summed E-state index contributed by atoms with van der Waals surface area (Å²) in [6.45, 7) is 1.13. The average Bonchev–Trinajstić information content (AvgIpc) is 2.95. The molecule has 0 radical (unpaired) electrons. The third-order valence-corrected chi connectivity index (χ3v) is 3.77. The molecule has 1 saturated carbocycles. The minimum absolute atomic E-state index is 0.228. The van der Waals surface area contributed by atoms with Gasteiger partial charge in [0.2, 0.25) is 0 Å². The fourth-order valence-corrected chi connectivity index (χ4v) is 2.52. The Morgan fingerprint density at radius 1 is 1.33 bits per heavy atom. The van der Waals surface area contributed by atoms with E-state index >= 15 is 0 Å². The molecule has 0 aromatic heterocycles. The second-order valence-electron chi connectivity index (χ2n) is 4.91. The van der Waals surface area contributed by atoms with E-state index in [0.717, 1.165) is 18.8 Å². The van der Waals surface area contributed by atoms with Crippen LogP contribution in [0.3, 0.4) is 0 Å². The van der Waals surface area contributed by atoms with Crippen molar-refractivity contribution in [3.63, 3.8) is 0 Å². The summed E-state index contributed by atoms with van der Waals surface area (Å²) < 4.78 is 5.65. The number of aliphatic hydroxyl groups excluding tert-OH is 1. The van der Waals surface area contributed by atoms with Crippen LogP contribution in [0, 0.1) is 5.41 Å². The maximum absolute atomic E-state index is 9.32. The molecule has 1 aromatic carbocycles. The number of rotatable bonds is 3. The lowest BCUT2D eigenvalue weighted by Crippen LogP contribution is -2.13. The second kappa shape index (κ2) is 3.24. The predicted molar refractivity (Wildman–Crippen MR) is 58.0 cm³/mol. The number of ether oxygens (including phenoxy) is 1. The van der Waals surface area contributed by atoms with Gasteiger partial charge in [-0.25, -0.2) is 0 Å². The Kier molecular flexibility index (Phi) is 1.99. The zero-order chi connectivity index (χ0) is 10.3. The summed E-state index contributed by atoms with van der Waals surface area (Å²) in [5.41, 5.74) is 1.56. The zero-order valence-corrected chi connectivity index (χ0v) is 8.78. The zero-order valence-electron chi connectivity index (χ0n) is 8.78. The first kappa shape index (κ1) is 9.22. The Hall–Kier alpha value is -1.02. The Morgan fingerprint density at radius 2 is 2.13 bits per heavy atom. The fourth-order valence-electron chi connectivity index (χ4n) is 2.52. The van der Waals surface area contributed by atoms with Gasteiger partial charge in [0, 0.05) is 18.1 Å². The van der Waals surface area contributed by atoms with Gasteiger partial charge in [-0.3, -0.25) is 0 Å². The van der Waals surface area contributed by atoms with E-state index in [-0.39, 0.29) is 5.41 Å². The normalized spacial score (nSPS) is 25.8. The van der Waals surface area contributed by atoms with Gasteiger partial charge in [0.25, 0.3) is 0 Å². The van der Waals surface area contributed by atoms with Gasteiger partial charge in [0.15, 0.2) is 0 Å². The molecule has 0 spiro atoms. The number of para-hydroxylation sites is 1. The SMILES string of the molecule is OCC1(CC2COc3ccccc32)CC1. The van der Waals surface area contributed by atoms with Crippen molar-refractivity contribution in [2.45, 2.75) is 25.2 Å². The lowest BCUT2D eigenvalue weighted by atomic mass is 9.89. The van der Waals surface area contributed by atoms with E-state index < -0.39 is 0 Å². The van der Waals surface area contributed by atoms with Gasteiger partial charge in [0.1, 0.15) is 5.75 Å². The van der Waals surface area contributed by atoms with Crippen LogP contribution in [0.25, 0.3) is 0 Å². The highest BCUT2D eigenvalue weighted by Gasteiger charge is 2.45. The minimum atomic E-state index is 0.228. The summed E-state index contributed by atoms with van der Waals surface area (Å²) >= 11 is 0. The van der Waals surface area contributed by atoms with Gasteiger partial charge in [-0.05, 0) is 30.7 Å². The molecule has 0 saturated heterocycles. The third-order valence-electron chi connectivity index (χ3n) is 3.77. The molecule has 0 amide bonds. The van der Waals surface area contributed by atoms with Crippen molar-refractivity contribution in [1.82, 2.24) is 0 Å². The number of aliphatic hydroxyl groups is 1. The molecule has 1 fully saturated rings. The van der Waals surface area contributed by atoms with E-state index in [1.165, 1.54) is 18.4 Å². The van der Waals surface area contributed by atoms with Gasteiger partial charge in [-0.15, -0.1) is 0 Å². The monoisotopic (exact) mass is 204 g/mol. The van der Waals surface area contributed by atoms with Gasteiger partial charge in [-0.2, -0.15) is 0 Å². The van der Waals surface area contributed by atoms with Crippen LogP contribution in [0.1, 0.15) is 30.7 Å². The molecule has 1 aliphatic heterocycles. The second-order valence-corrected chi connectivity index (χ2v) is 4.91. The summed E-state index contributed by atoms with van der Waals surface area (Å²) in [5.74, 6) is 1.53. The first-order valence-electron chi connectivity index (χ1n) is 5.66. The number of hydrogen-bond donors (Lipinski definition) is 1. The van der Waals surface area contributed by atoms with E-state index in [2.05, 4.69) is 12.1 Å². The standard InChI is InChI=1S/C13H16O2/c14-9-13(5-6-13)7-10-8-15-12-4-2-1-3-11(10)12/h1-4,10,14H,5-9H2. The van der Waals surface area contributed by atoms with Gasteiger partial charge >= 0.3 is 0 Å². The predicted octanol–water partition coefficient (Wildman–Crippen LogP) is 2.33. The molecule has 3 rings (SSSR count). The summed E-state index contributed by atoms with van der Waals surface area (Å²) in [6.07, 6.45) is 3.45. The fraction of sp³-hybridized carbons (Fsp3) is 0.538. The van der Waals surface area contributed by atoms with Crippen LogP contribution in [0.5, 0.6) is 5.75 Å². The molecule has 1 heterocycles. The van der Waals surface area contributed by atoms with Crippen LogP contribution >= 0.6 is 0 Å². The highest BCUT2D eigenvalue weighted by Crippen LogP contribution is 2.53. The highest BCUT2D eigenvalue weighted by molar-refractivity contribution is 5.39. The van der Waals surface area contributed by atoms with Crippen molar-refractivity contribution in [2.24, 2.45) is 5.41 Å². The topological polar surface area (TPSA) is 29.5 Å². The average molecular weight is 204 g/mol. The van der Waals surface area contributed by atoms with Crippen LogP contribution in [-0.2, 0) is 0 Å². The Labute approximate surface area is 89.9 Å². The summed E-state index contributed by atoms with van der Waals surface area (Å²) in [5, 5.41) is 9.32. The van der Waals surface area contributed by atoms with E-state index in [9.17, 15) is 5.11 Å². The third kappa shape index (κ3) is 1.53. The number of benzene rings is 1. The molecule has 15 heavy (non-hydrogen) atoms. The van der Waals surface area contributed by atoms with E-state index in [4.69, 9.17) is 4.74 Å². The molecule has 1 aliphatic carbocycles. The largest absolute Gasteiger partial charge is 0.493 e. The lowest BCUT2D eigenvalue weighted by molar-refractivity contribution is 0.188. The van der Waals surface area contributed by atoms with Crippen LogP contribution in [0.4, 0.5) is 0 Å². The lowest BCUT2D eigenvalue weighted by Gasteiger charge is -2.16. The maximum atomic E-state index is 9.32. The van der Waals surface area contributed by atoms with E-state index in [1.807, 2.05) is 12.1 Å². The summed E-state index contributed by atoms with van der Waals surface area (Å²) in [7, 11) is 0. The molecule has 2 nitrogen and oxygen atoms in total. The van der Waals surface area contributed by atoms with Gasteiger partial charge in [-0.1, -0.05) is 18.2 Å². The maximum Gasteiger partial charge on any atom is 0.122 e. The first-order chi connectivity index (χ1) is 7.33. The molecule has 1 aromatic rings. The quantitative estimate of drug-likeness (QED) is 0.818. The van der Waals surface area contributed by atoms with E-state index in [0.29, 0.717) is 12.5 Å². The summed E-state index contributed by atoms with van der Waals surface area (Å²) in [6, 6.07) is 8.27. The number of hydrogen-bond acceptors (Lipinski definition) is 2. The first-order valence-corrected chi connectivity index (χ1v) is 5.66. The number of fused-ring (bicyclic) bond motifs is 1. The van der Waals surface area contributed by atoms with Crippen molar-refractivity contribution in [1.29, 1.82) is 0 Å². The Morgan fingerprint density at radius 3 is 2.87 bits per heavy atom. The van der Waals surface area contributed by atoms with Crippen molar-refractivity contribution in [3.8, 4) is 5.75 Å². The molecule has 2 heteroatoms. The van der Waals surface area contributed by atoms with Crippen LogP contribution < -0.4 is 4.74 Å². The highest BCUT2D eigenvalue weighted by atomic mass is 16.5. The van der Waals surface area contributed by atoms with E-state index in [1.54, 1.807) is 0 Å².